The third-order valence-corrected chi connectivity index (χ3v) is 6.34. The van der Waals surface area contributed by atoms with Crippen molar-refractivity contribution < 1.29 is 30.2 Å². The minimum atomic E-state index is -4.15. The minimum absolute atomic E-state index is 0. The lowest BCUT2D eigenvalue weighted by Gasteiger charge is -2.18. The van der Waals surface area contributed by atoms with Gasteiger partial charge >= 0.3 is 5.51 Å². The number of benzene rings is 1. The first-order valence-electron chi connectivity index (χ1n) is 7.10. The van der Waals surface area contributed by atoms with E-state index < -0.39 is 16.0 Å². The molecule has 1 saturated carbocycles. The van der Waals surface area contributed by atoms with Crippen LogP contribution < -0.4 is 17.0 Å². The zero-order valence-electron chi connectivity index (χ0n) is 11.8. The van der Waals surface area contributed by atoms with Crippen LogP contribution in [0, 0.1) is 6.92 Å². The van der Waals surface area contributed by atoms with Gasteiger partial charge in [0.05, 0.1) is 10.5 Å². The molecule has 1 aliphatic rings. The SMILES string of the molecule is Cc1ccc2cc(C3CCCCC3)[s+](C(F)(F)F)c2c1.[Br-]. The topological polar surface area (TPSA) is 0 Å². The first-order chi connectivity index (χ1) is 9.47. The highest BCUT2D eigenvalue weighted by atomic mass is 79.9. The third-order valence-electron chi connectivity index (χ3n) is 4.16. The molecular formula is C16H18BrF3S. The fourth-order valence-corrected chi connectivity index (χ4v) is 5.46. The Labute approximate surface area is 136 Å². The van der Waals surface area contributed by atoms with Gasteiger partial charge in [0.15, 0.2) is 9.58 Å². The Morgan fingerprint density at radius 3 is 2.33 bits per heavy atom. The van der Waals surface area contributed by atoms with Crippen LogP contribution >= 0.6 is 10.5 Å². The first kappa shape index (κ1) is 16.8. The zero-order valence-corrected chi connectivity index (χ0v) is 14.2. The Morgan fingerprint density at radius 2 is 1.71 bits per heavy atom. The molecule has 0 bridgehead atoms. The van der Waals surface area contributed by atoms with Crippen molar-refractivity contribution in [3.8, 4) is 0 Å². The number of thiophene rings is 1. The van der Waals surface area contributed by atoms with Gasteiger partial charge in [-0.25, -0.2) is 0 Å². The van der Waals surface area contributed by atoms with Gasteiger partial charge < -0.3 is 17.0 Å². The normalized spacial score (nSPS) is 17.8. The lowest BCUT2D eigenvalue weighted by atomic mass is 9.88. The van der Waals surface area contributed by atoms with E-state index in [0.717, 1.165) is 43.1 Å². The van der Waals surface area contributed by atoms with E-state index in [0.29, 0.717) is 9.58 Å². The lowest BCUT2D eigenvalue weighted by molar-refractivity contribution is -0.0868. The number of alkyl halides is 3. The van der Waals surface area contributed by atoms with Crippen molar-refractivity contribution in [2.45, 2.75) is 50.5 Å². The van der Waals surface area contributed by atoms with Crippen LogP contribution in [0.25, 0.3) is 10.1 Å². The molecular weight excluding hydrogens is 361 g/mol. The molecule has 2 aromatic rings. The number of halogens is 4. The summed E-state index contributed by atoms with van der Waals surface area (Å²) in [5, 5.41) is 0.775. The molecule has 3 rings (SSSR count). The lowest BCUT2D eigenvalue weighted by Crippen LogP contribution is -3.00. The van der Waals surface area contributed by atoms with Crippen LogP contribution in [0.4, 0.5) is 13.2 Å². The van der Waals surface area contributed by atoms with Gasteiger partial charge in [-0.2, -0.15) is 0 Å². The van der Waals surface area contributed by atoms with Crippen LogP contribution in [0.2, 0.25) is 0 Å². The molecule has 5 heteroatoms. The van der Waals surface area contributed by atoms with Gasteiger partial charge in [0.1, 0.15) is 0 Å². The number of aryl methyl sites for hydroxylation is 1. The van der Waals surface area contributed by atoms with Crippen LogP contribution in [-0.2, 0) is 5.51 Å². The summed E-state index contributed by atoms with van der Waals surface area (Å²) in [6.45, 7) is 1.86. The van der Waals surface area contributed by atoms with Gasteiger partial charge in [-0.3, -0.25) is 0 Å². The molecule has 1 heterocycles. The molecule has 0 N–H and O–H groups in total. The predicted octanol–water partition coefficient (Wildman–Crippen LogP) is 3.43. The summed E-state index contributed by atoms with van der Waals surface area (Å²) in [5.41, 5.74) is -3.24. The highest BCUT2D eigenvalue weighted by Crippen LogP contribution is 2.55. The molecule has 0 aliphatic heterocycles. The van der Waals surface area contributed by atoms with Crippen LogP contribution in [0.1, 0.15) is 48.5 Å². The number of hydrogen-bond acceptors (Lipinski definition) is 0. The van der Waals surface area contributed by atoms with Gasteiger partial charge in [0.2, 0.25) is 0 Å². The molecule has 1 unspecified atom stereocenters. The maximum atomic E-state index is 13.5. The quantitative estimate of drug-likeness (QED) is 0.667. The van der Waals surface area contributed by atoms with Crippen molar-refractivity contribution in [2.75, 3.05) is 0 Å². The predicted molar refractivity (Wildman–Crippen MR) is 78.3 cm³/mol. The third kappa shape index (κ3) is 3.29. The summed E-state index contributed by atoms with van der Waals surface area (Å²) in [7, 11) is -1.70. The molecule has 1 atom stereocenters. The Kier molecular flexibility index (Phi) is 5.03. The van der Waals surface area contributed by atoms with Crippen molar-refractivity contribution in [1.82, 2.24) is 0 Å². The Bertz CT molecular complexity index is 624. The smallest absolute Gasteiger partial charge is 0.600 e. The summed E-state index contributed by atoms with van der Waals surface area (Å²) in [6, 6.07) is 7.28. The highest BCUT2D eigenvalue weighted by Gasteiger charge is 2.49. The Morgan fingerprint density at radius 1 is 1.05 bits per heavy atom. The van der Waals surface area contributed by atoms with E-state index in [1.54, 1.807) is 6.07 Å². The molecule has 1 aromatic heterocycles. The number of fused-ring (bicyclic) bond motifs is 1. The fourth-order valence-electron chi connectivity index (χ4n) is 3.21. The maximum Gasteiger partial charge on any atom is 0.600 e. The standard InChI is InChI=1S/C16H18F3S.BrH/c1-11-7-8-13-10-15(12-5-3-2-4-6-12)20(14(13)9-11)16(17,18)19;/h7-10,12H,2-6H2,1H3;1H/q+1;/p-1. The van der Waals surface area contributed by atoms with E-state index in [1.807, 2.05) is 25.1 Å². The summed E-state index contributed by atoms with van der Waals surface area (Å²) < 4.78 is 41.1. The van der Waals surface area contributed by atoms with E-state index in [1.165, 1.54) is 0 Å². The van der Waals surface area contributed by atoms with Crippen LogP contribution in [0.15, 0.2) is 24.3 Å². The van der Waals surface area contributed by atoms with Gasteiger partial charge in [0, 0.05) is 23.4 Å². The Balaban J connectivity index is 0.00000161. The molecule has 116 valence electrons. The highest BCUT2D eigenvalue weighted by molar-refractivity contribution is 7.38. The first-order valence-corrected chi connectivity index (χ1v) is 8.32. The van der Waals surface area contributed by atoms with Crippen molar-refractivity contribution in [3.63, 3.8) is 0 Å². The van der Waals surface area contributed by atoms with Crippen molar-refractivity contribution in [2.24, 2.45) is 0 Å². The van der Waals surface area contributed by atoms with Gasteiger partial charge in [-0.15, -0.1) is 13.2 Å². The average molecular weight is 379 g/mol. The second-order valence-electron chi connectivity index (χ2n) is 5.67. The van der Waals surface area contributed by atoms with Crippen LogP contribution in [-0.4, -0.2) is 0 Å². The molecule has 0 radical (unpaired) electrons. The van der Waals surface area contributed by atoms with Gasteiger partial charge in [-0.1, -0.05) is 25.3 Å². The van der Waals surface area contributed by atoms with E-state index >= 15 is 0 Å². The van der Waals surface area contributed by atoms with Gasteiger partial charge in [-0.05, 0) is 31.4 Å². The maximum absolute atomic E-state index is 13.5. The minimum Gasteiger partial charge on any atom is -1.00 e. The second-order valence-corrected chi connectivity index (χ2v) is 7.66. The molecule has 0 spiro atoms. The van der Waals surface area contributed by atoms with Crippen molar-refractivity contribution in [3.05, 3.63) is 34.7 Å². The molecule has 0 saturated heterocycles. The van der Waals surface area contributed by atoms with Crippen molar-refractivity contribution in [1.29, 1.82) is 0 Å². The van der Waals surface area contributed by atoms with Gasteiger partial charge in [0.25, 0.3) is 0 Å². The van der Waals surface area contributed by atoms with Crippen LogP contribution in [0.3, 0.4) is 0 Å². The summed E-state index contributed by atoms with van der Waals surface area (Å²) >= 11 is 0. The van der Waals surface area contributed by atoms with Crippen LogP contribution in [0.5, 0.6) is 0 Å². The van der Waals surface area contributed by atoms with E-state index in [-0.39, 0.29) is 22.9 Å². The van der Waals surface area contributed by atoms with E-state index in [9.17, 15) is 13.2 Å². The number of rotatable bonds is 1. The number of hydrogen-bond donors (Lipinski definition) is 0. The van der Waals surface area contributed by atoms with E-state index in [4.69, 9.17) is 0 Å². The largest absolute Gasteiger partial charge is 1.00 e. The molecule has 21 heavy (non-hydrogen) atoms. The molecule has 1 fully saturated rings. The Hall–Kier alpha value is -0.550. The van der Waals surface area contributed by atoms with Crippen molar-refractivity contribution >= 4 is 20.6 Å². The fraction of sp³-hybridized carbons (Fsp3) is 0.500. The molecule has 0 nitrogen and oxygen atoms in total. The molecule has 0 amide bonds. The van der Waals surface area contributed by atoms with E-state index in [2.05, 4.69) is 0 Å². The second kappa shape index (κ2) is 6.29. The average Bonchev–Trinajstić information content (AvgIpc) is 2.78. The molecule has 1 aliphatic carbocycles. The zero-order chi connectivity index (χ0) is 14.3. The molecule has 1 aromatic carbocycles. The monoisotopic (exact) mass is 378 g/mol. The summed E-state index contributed by atoms with van der Waals surface area (Å²) in [5.74, 6) is 0.126. The summed E-state index contributed by atoms with van der Waals surface area (Å²) in [6.07, 6.45) is 5.12. The summed E-state index contributed by atoms with van der Waals surface area (Å²) in [4.78, 5) is 0.637.